The second-order valence-electron chi connectivity index (χ2n) is 3.98. The molecule has 0 aromatic heterocycles. The summed E-state index contributed by atoms with van der Waals surface area (Å²) in [5.74, 6) is 0. The smallest absolute Gasteiger partial charge is 0.369 e. The van der Waals surface area contributed by atoms with E-state index in [9.17, 15) is 0 Å². The fraction of sp³-hybridized carbons (Fsp3) is 0.700. The second-order valence-corrected chi connectivity index (χ2v) is 7.41. The van der Waals surface area contributed by atoms with Crippen LogP contribution in [0.25, 0.3) is 0 Å². The van der Waals surface area contributed by atoms with Gasteiger partial charge < -0.3 is 20.4 Å². The first kappa shape index (κ1) is 30.2. The van der Waals surface area contributed by atoms with Crippen LogP contribution in [0.15, 0.2) is 0 Å². The third-order valence-electron chi connectivity index (χ3n) is 1.06. The van der Waals surface area contributed by atoms with Crippen LogP contribution in [0.5, 0.6) is 0 Å². The maximum atomic E-state index is 4.65. The molecule has 0 atom stereocenters. The van der Waals surface area contributed by atoms with Gasteiger partial charge in [0.15, 0.2) is 0 Å². The summed E-state index contributed by atoms with van der Waals surface area (Å²) < 4.78 is 1.61. The van der Waals surface area contributed by atoms with Gasteiger partial charge in [-0.1, -0.05) is 36.7 Å². The van der Waals surface area contributed by atoms with E-state index in [-0.39, 0.29) is 19.5 Å². The Morgan fingerprint density at radius 3 is 1.10 bits per heavy atom. The van der Waals surface area contributed by atoms with Gasteiger partial charge in [0.2, 0.25) is 0 Å². The van der Waals surface area contributed by atoms with Crippen LogP contribution in [-0.2, 0) is 19.5 Å². The first-order valence-corrected chi connectivity index (χ1v) is 8.02. The Balaban J connectivity index is -0.000000113. The Bertz CT molecular complexity index is 270. The van der Waals surface area contributed by atoms with Crippen LogP contribution in [0.2, 0.25) is 0 Å². The van der Waals surface area contributed by atoms with Gasteiger partial charge in [0.05, 0.1) is 0 Å². The Morgan fingerprint density at radius 1 is 0.810 bits per heavy atom. The average Bonchev–Trinajstić information content (AvgIpc) is 2.23. The SMILES string of the molecule is CN(C)C.CN(C)C(=S)S.S=C(S)NCCNC(=S)S.[Zn+2]. The van der Waals surface area contributed by atoms with E-state index in [0.29, 0.717) is 26.1 Å². The summed E-state index contributed by atoms with van der Waals surface area (Å²) in [6.45, 7) is 1.42. The molecular weight excluding hydrogens is 434 g/mol. The number of nitrogens with zero attached hydrogens (tertiary/aromatic N) is 2. The van der Waals surface area contributed by atoms with Crippen LogP contribution < -0.4 is 10.6 Å². The van der Waals surface area contributed by atoms with Crippen LogP contribution in [0, 0.1) is 0 Å². The first-order chi connectivity index (χ1) is 9.00. The topological polar surface area (TPSA) is 30.5 Å². The fourth-order valence-corrected chi connectivity index (χ4v) is 0.767. The van der Waals surface area contributed by atoms with Gasteiger partial charge in [0.1, 0.15) is 13.0 Å². The molecule has 0 rings (SSSR count). The van der Waals surface area contributed by atoms with E-state index in [1.807, 2.05) is 40.1 Å². The maximum absolute atomic E-state index is 4.65. The number of nitrogens with one attached hydrogen (secondary N) is 2. The van der Waals surface area contributed by atoms with E-state index in [1.54, 1.807) is 4.90 Å². The number of hydrogen-bond acceptors (Lipinski definition) is 4. The third kappa shape index (κ3) is 52.4. The van der Waals surface area contributed by atoms with Crippen LogP contribution in [0.3, 0.4) is 0 Å². The molecule has 120 valence electrons. The maximum Gasteiger partial charge on any atom is 2.00 e. The molecule has 0 fully saturated rings. The van der Waals surface area contributed by atoms with E-state index in [0.717, 1.165) is 0 Å². The molecule has 0 aliphatic heterocycles. The fourth-order valence-electron chi connectivity index (χ4n) is 0.339. The number of thiol groups is 3. The quantitative estimate of drug-likeness (QED) is 0.190. The predicted molar refractivity (Wildman–Crippen MR) is 114 cm³/mol. The van der Waals surface area contributed by atoms with Gasteiger partial charge in [-0.2, -0.15) is 0 Å². The molecular formula is C10H24N4S6Zn+2. The van der Waals surface area contributed by atoms with Gasteiger partial charge in [-0.25, -0.2) is 0 Å². The van der Waals surface area contributed by atoms with Gasteiger partial charge in [-0.15, -0.1) is 37.9 Å². The van der Waals surface area contributed by atoms with Gasteiger partial charge in [-0.05, 0) is 21.1 Å². The summed E-state index contributed by atoms with van der Waals surface area (Å²) in [6.07, 6.45) is 0. The standard InChI is InChI=1S/C4H8N2S4.C3H7NS2.C3H9N.Zn/c7-3(8)5-1-2-6-4(9)10;1-4(2)3(5)6;1-4(2)3;/h1-2H2,(H2,5,7,8)(H2,6,9,10);1-2H3,(H,5,6);1-3H3;/q;;;+2. The summed E-state index contributed by atoms with van der Waals surface area (Å²) in [5.41, 5.74) is 0. The van der Waals surface area contributed by atoms with Crippen molar-refractivity contribution in [2.24, 2.45) is 0 Å². The van der Waals surface area contributed by atoms with Crippen molar-refractivity contribution >= 4 is 87.5 Å². The van der Waals surface area contributed by atoms with Crippen LogP contribution in [0.1, 0.15) is 0 Å². The molecule has 4 nitrogen and oxygen atoms in total. The van der Waals surface area contributed by atoms with Gasteiger partial charge in [0.25, 0.3) is 0 Å². The van der Waals surface area contributed by atoms with Crippen molar-refractivity contribution < 1.29 is 19.5 Å². The molecule has 2 N–H and O–H groups in total. The zero-order valence-electron chi connectivity index (χ0n) is 13.1. The van der Waals surface area contributed by atoms with Crippen molar-refractivity contribution in [1.29, 1.82) is 0 Å². The van der Waals surface area contributed by atoms with Crippen molar-refractivity contribution in [3.8, 4) is 0 Å². The summed E-state index contributed by atoms with van der Waals surface area (Å²) in [4.78, 5) is 3.76. The van der Waals surface area contributed by atoms with Crippen molar-refractivity contribution in [3.05, 3.63) is 0 Å². The minimum Gasteiger partial charge on any atom is -0.369 e. The Hall–Kier alpha value is 1.30. The van der Waals surface area contributed by atoms with Gasteiger partial charge in [-0.3, -0.25) is 0 Å². The summed E-state index contributed by atoms with van der Waals surface area (Å²) in [7, 11) is 9.71. The molecule has 0 bridgehead atoms. The number of thiocarbonyl (C=S) groups is 3. The van der Waals surface area contributed by atoms with Crippen molar-refractivity contribution in [3.63, 3.8) is 0 Å². The van der Waals surface area contributed by atoms with E-state index >= 15 is 0 Å². The van der Waals surface area contributed by atoms with E-state index in [2.05, 4.69) is 85.2 Å². The van der Waals surface area contributed by atoms with E-state index < -0.39 is 0 Å². The first-order valence-electron chi connectivity index (χ1n) is 5.45. The molecule has 0 spiro atoms. The molecule has 11 heteroatoms. The van der Waals surface area contributed by atoms with E-state index in [4.69, 9.17) is 0 Å². The molecule has 0 aliphatic carbocycles. The monoisotopic (exact) mass is 456 g/mol. The molecule has 0 heterocycles. The zero-order valence-corrected chi connectivity index (χ0v) is 21.2. The second kappa shape index (κ2) is 21.3. The van der Waals surface area contributed by atoms with Crippen LogP contribution in [-0.4, -0.2) is 71.1 Å². The summed E-state index contributed by atoms with van der Waals surface area (Å²) in [6, 6.07) is 0. The predicted octanol–water partition coefficient (Wildman–Crippen LogP) is 1.53. The minimum atomic E-state index is 0. The number of rotatable bonds is 3. The number of hydrogen-bond donors (Lipinski definition) is 5. The normalized spacial score (nSPS) is 8.05. The van der Waals surface area contributed by atoms with Crippen molar-refractivity contribution in [2.75, 3.05) is 48.3 Å². The third-order valence-corrected chi connectivity index (χ3v) is 2.43. The van der Waals surface area contributed by atoms with Crippen LogP contribution in [0.4, 0.5) is 0 Å². The molecule has 0 unspecified atom stereocenters. The molecule has 0 saturated carbocycles. The molecule has 0 aliphatic rings. The minimum absolute atomic E-state index is 0. The molecule has 0 aromatic carbocycles. The van der Waals surface area contributed by atoms with Crippen molar-refractivity contribution in [2.45, 2.75) is 0 Å². The molecule has 0 amide bonds. The molecule has 21 heavy (non-hydrogen) atoms. The summed E-state index contributed by atoms with van der Waals surface area (Å²) >= 11 is 25.5. The molecule has 0 aromatic rings. The molecule has 0 radical (unpaired) electrons. The Morgan fingerprint density at radius 2 is 1.00 bits per heavy atom. The van der Waals surface area contributed by atoms with Crippen molar-refractivity contribution in [1.82, 2.24) is 20.4 Å². The Kier molecular flexibility index (Phi) is 30.7. The van der Waals surface area contributed by atoms with E-state index in [1.165, 1.54) is 0 Å². The van der Waals surface area contributed by atoms with Gasteiger partial charge >= 0.3 is 19.5 Å². The molecule has 0 saturated heterocycles. The van der Waals surface area contributed by atoms with Crippen LogP contribution >= 0.6 is 74.5 Å². The zero-order chi connectivity index (χ0) is 16.7. The van der Waals surface area contributed by atoms with Gasteiger partial charge in [0, 0.05) is 27.2 Å². The largest absolute Gasteiger partial charge is 2.00 e. The average molecular weight is 458 g/mol. The summed E-state index contributed by atoms with van der Waals surface area (Å²) in [5, 5.41) is 5.68. The Labute approximate surface area is 174 Å².